The first-order valence-electron chi connectivity index (χ1n) is 10.2. The van der Waals surface area contributed by atoms with Gasteiger partial charge in [-0.3, -0.25) is 4.68 Å². The standard InChI is InChI=1S/C21H20Cl2FN5O4S2/c1-11-20(34-12(2)27-11)35(31,32)28-21(30)25-7-18(24)16-10-33-9-14-6-26-29(19(14)16)8-13-3-4-15(22)5-17(13)23/h3-6H,7-10H2,1-2H3,(H2,25,28,30)/b18-16-. The normalized spacial score (nSPS) is 15.0. The number of carbonyl (C=O) groups excluding carboxylic acids is 1. The van der Waals surface area contributed by atoms with Crippen molar-refractivity contribution < 1.29 is 22.3 Å². The van der Waals surface area contributed by atoms with Gasteiger partial charge in [-0.05, 0) is 31.5 Å². The summed E-state index contributed by atoms with van der Waals surface area (Å²) in [6.07, 6.45) is 1.58. The van der Waals surface area contributed by atoms with Gasteiger partial charge in [0.15, 0.2) is 4.21 Å². The molecule has 0 bridgehead atoms. The Morgan fingerprint density at radius 3 is 2.74 bits per heavy atom. The molecule has 0 saturated carbocycles. The van der Waals surface area contributed by atoms with Crippen LogP contribution in [0, 0.1) is 13.8 Å². The number of benzene rings is 1. The van der Waals surface area contributed by atoms with Gasteiger partial charge in [0.25, 0.3) is 10.0 Å². The van der Waals surface area contributed by atoms with E-state index in [2.05, 4.69) is 15.4 Å². The van der Waals surface area contributed by atoms with Crippen LogP contribution in [0.3, 0.4) is 0 Å². The van der Waals surface area contributed by atoms with Crippen LogP contribution in [-0.2, 0) is 27.9 Å². The van der Waals surface area contributed by atoms with Gasteiger partial charge in [0.2, 0.25) is 0 Å². The summed E-state index contributed by atoms with van der Waals surface area (Å²) >= 11 is 13.2. The van der Waals surface area contributed by atoms with E-state index in [0.717, 1.165) is 16.9 Å². The van der Waals surface area contributed by atoms with Crippen molar-refractivity contribution in [3.63, 3.8) is 0 Å². The molecule has 0 aliphatic carbocycles. The van der Waals surface area contributed by atoms with E-state index in [9.17, 15) is 13.2 Å². The van der Waals surface area contributed by atoms with E-state index in [4.69, 9.17) is 27.9 Å². The molecular formula is C21H20Cl2FN5O4S2. The van der Waals surface area contributed by atoms with Crippen molar-refractivity contribution in [2.45, 2.75) is 31.2 Å². The number of aromatic nitrogens is 3. The van der Waals surface area contributed by atoms with Crippen molar-refractivity contribution in [2.24, 2.45) is 0 Å². The second kappa shape index (κ2) is 10.2. The minimum Gasteiger partial charge on any atom is -0.372 e. The highest BCUT2D eigenvalue weighted by atomic mass is 35.5. The largest absolute Gasteiger partial charge is 0.372 e. The second-order valence-corrected chi connectivity index (χ2v) is 11.6. The molecule has 14 heteroatoms. The first-order chi connectivity index (χ1) is 16.5. The summed E-state index contributed by atoms with van der Waals surface area (Å²) in [4.78, 5) is 16.3. The van der Waals surface area contributed by atoms with Crippen molar-refractivity contribution in [3.8, 4) is 0 Å². The molecule has 0 fully saturated rings. The number of nitrogens with zero attached hydrogens (tertiary/aromatic N) is 3. The van der Waals surface area contributed by atoms with Gasteiger partial charge in [-0.15, -0.1) is 11.3 Å². The van der Waals surface area contributed by atoms with Crippen molar-refractivity contribution in [2.75, 3.05) is 13.2 Å². The molecule has 186 valence electrons. The molecule has 3 heterocycles. The summed E-state index contributed by atoms with van der Waals surface area (Å²) in [5.74, 6) is -0.688. The lowest BCUT2D eigenvalue weighted by atomic mass is 10.1. The average molecular weight is 560 g/mol. The Hall–Kier alpha value is -2.51. The van der Waals surface area contributed by atoms with Crippen LogP contribution in [0.15, 0.2) is 34.4 Å². The maximum Gasteiger partial charge on any atom is 0.329 e. The Morgan fingerprint density at radius 2 is 2.06 bits per heavy atom. The molecule has 0 spiro atoms. The van der Waals surface area contributed by atoms with E-state index >= 15 is 4.39 Å². The van der Waals surface area contributed by atoms with Crippen molar-refractivity contribution in [1.29, 1.82) is 0 Å². The zero-order valence-corrected chi connectivity index (χ0v) is 21.7. The number of thiazole rings is 1. The lowest BCUT2D eigenvalue weighted by Crippen LogP contribution is -2.40. The lowest BCUT2D eigenvalue weighted by Gasteiger charge is -2.20. The smallest absolute Gasteiger partial charge is 0.329 e. The topological polar surface area (TPSA) is 115 Å². The van der Waals surface area contributed by atoms with Gasteiger partial charge < -0.3 is 10.1 Å². The van der Waals surface area contributed by atoms with Crippen LogP contribution in [0.1, 0.15) is 27.5 Å². The molecule has 1 aliphatic rings. The molecule has 35 heavy (non-hydrogen) atoms. The predicted molar refractivity (Wildman–Crippen MR) is 131 cm³/mol. The number of amides is 2. The fourth-order valence-electron chi connectivity index (χ4n) is 3.58. The molecule has 2 N–H and O–H groups in total. The number of ether oxygens (including phenoxy) is 1. The van der Waals surface area contributed by atoms with Crippen molar-refractivity contribution >= 4 is 56.2 Å². The summed E-state index contributed by atoms with van der Waals surface area (Å²) in [5, 5.41) is 8.07. The number of rotatable bonds is 6. The highest BCUT2D eigenvalue weighted by Crippen LogP contribution is 2.30. The minimum absolute atomic E-state index is 0.0419. The molecule has 0 radical (unpaired) electrons. The number of nitrogens with one attached hydrogen (secondary N) is 2. The number of hydrogen-bond acceptors (Lipinski definition) is 7. The molecular weight excluding hydrogens is 540 g/mol. The molecule has 0 atom stereocenters. The number of halogens is 3. The number of sulfonamides is 1. The number of urea groups is 1. The Balaban J connectivity index is 1.50. The van der Waals surface area contributed by atoms with Crippen LogP contribution in [0.5, 0.6) is 0 Å². The summed E-state index contributed by atoms with van der Waals surface area (Å²) < 4.78 is 49.0. The Bertz CT molecular complexity index is 1440. The highest BCUT2D eigenvalue weighted by molar-refractivity contribution is 7.92. The first kappa shape index (κ1) is 25.6. The fraction of sp³-hybridized carbons (Fsp3) is 0.286. The maximum atomic E-state index is 15.2. The fourth-order valence-corrected chi connectivity index (χ4v) is 6.46. The van der Waals surface area contributed by atoms with Gasteiger partial charge in [-0.25, -0.2) is 27.3 Å². The van der Waals surface area contributed by atoms with Crippen LogP contribution in [0.2, 0.25) is 10.0 Å². The summed E-state index contributed by atoms with van der Waals surface area (Å²) in [7, 11) is -4.14. The van der Waals surface area contributed by atoms with Gasteiger partial charge in [-0.1, -0.05) is 29.3 Å². The quantitative estimate of drug-likeness (QED) is 0.467. The molecule has 2 amide bonds. The predicted octanol–water partition coefficient (Wildman–Crippen LogP) is 4.21. The van der Waals surface area contributed by atoms with Crippen LogP contribution < -0.4 is 10.0 Å². The third kappa shape index (κ3) is 5.67. The summed E-state index contributed by atoms with van der Waals surface area (Å²) in [6.45, 7) is 3.11. The van der Waals surface area contributed by atoms with Crippen LogP contribution in [0.25, 0.3) is 5.57 Å². The van der Waals surface area contributed by atoms with Crippen molar-refractivity contribution in [3.05, 3.63) is 67.8 Å². The first-order valence-corrected chi connectivity index (χ1v) is 13.3. The van der Waals surface area contributed by atoms with E-state index in [1.807, 2.05) is 4.72 Å². The Labute approximate surface area is 215 Å². The third-order valence-corrected chi connectivity index (χ3v) is 8.70. The zero-order chi connectivity index (χ0) is 25.3. The molecule has 1 aromatic carbocycles. The molecule has 4 rings (SSSR count). The van der Waals surface area contributed by atoms with E-state index in [0.29, 0.717) is 26.3 Å². The number of hydrogen-bond donors (Lipinski definition) is 2. The highest BCUT2D eigenvalue weighted by Gasteiger charge is 2.26. The molecule has 2 aromatic heterocycles. The number of aryl methyl sites for hydroxylation is 2. The van der Waals surface area contributed by atoms with Crippen LogP contribution in [-0.4, -0.2) is 42.4 Å². The molecule has 1 aliphatic heterocycles. The van der Waals surface area contributed by atoms with E-state index in [1.54, 1.807) is 36.0 Å². The second-order valence-electron chi connectivity index (χ2n) is 7.68. The van der Waals surface area contributed by atoms with Crippen molar-refractivity contribution in [1.82, 2.24) is 24.8 Å². The lowest BCUT2D eigenvalue weighted by molar-refractivity contribution is 0.144. The summed E-state index contributed by atoms with van der Waals surface area (Å²) in [6, 6.07) is 4.01. The zero-order valence-electron chi connectivity index (χ0n) is 18.6. The van der Waals surface area contributed by atoms with E-state index in [1.165, 1.54) is 6.92 Å². The Morgan fingerprint density at radius 1 is 1.29 bits per heavy atom. The summed E-state index contributed by atoms with van der Waals surface area (Å²) in [5.41, 5.74) is 2.41. The third-order valence-electron chi connectivity index (χ3n) is 5.10. The Kier molecular flexibility index (Phi) is 7.48. The SMILES string of the molecule is Cc1nc(C)c(S(=O)(=O)NC(=O)NC/C(F)=C2\COCc3cnn(Cc4ccc(Cl)cc4Cl)c32)s1. The number of carbonyl (C=O) groups is 1. The van der Waals surface area contributed by atoms with E-state index < -0.39 is 28.4 Å². The molecule has 3 aromatic rings. The van der Waals surface area contributed by atoms with Gasteiger partial charge in [0.05, 0.1) is 48.9 Å². The van der Waals surface area contributed by atoms with Gasteiger partial charge in [0.1, 0.15) is 5.83 Å². The monoisotopic (exact) mass is 559 g/mol. The maximum absolute atomic E-state index is 15.2. The minimum atomic E-state index is -4.14. The van der Waals surface area contributed by atoms with Gasteiger partial charge >= 0.3 is 6.03 Å². The molecule has 0 saturated heterocycles. The molecule has 9 nitrogen and oxygen atoms in total. The molecule has 0 unspecified atom stereocenters. The van der Waals surface area contributed by atoms with Crippen LogP contribution in [0.4, 0.5) is 9.18 Å². The number of fused-ring (bicyclic) bond motifs is 1. The van der Waals surface area contributed by atoms with E-state index in [-0.39, 0.29) is 35.2 Å². The van der Waals surface area contributed by atoms with Crippen LogP contribution >= 0.6 is 34.5 Å². The van der Waals surface area contributed by atoms with Gasteiger partial charge in [0, 0.05) is 21.2 Å². The average Bonchev–Trinajstić information content (AvgIpc) is 3.36. The van der Waals surface area contributed by atoms with Gasteiger partial charge in [-0.2, -0.15) is 5.10 Å².